The summed E-state index contributed by atoms with van der Waals surface area (Å²) in [5.74, 6) is -0.465. The van der Waals surface area contributed by atoms with Gasteiger partial charge in [0.05, 0.1) is 12.7 Å². The Kier molecular flexibility index (Phi) is 5.36. The smallest absolute Gasteiger partial charge is 0.341 e. The highest BCUT2D eigenvalue weighted by Gasteiger charge is 2.26. The molecule has 1 aliphatic carbocycles. The summed E-state index contributed by atoms with van der Waals surface area (Å²) in [6, 6.07) is -0.00707. The number of carbonyl (C=O) groups is 2. The van der Waals surface area contributed by atoms with Crippen LogP contribution in [0.4, 0.5) is 5.00 Å². The molecular formula is C15H22N2O3S. The largest absolute Gasteiger partial charge is 0.465 e. The van der Waals surface area contributed by atoms with Crippen molar-refractivity contribution < 1.29 is 14.3 Å². The third-order valence-corrected chi connectivity index (χ3v) is 4.85. The summed E-state index contributed by atoms with van der Waals surface area (Å²) in [7, 11) is 1.37. The van der Waals surface area contributed by atoms with Gasteiger partial charge in [0.2, 0.25) is 5.91 Å². The standard InChI is InChI=1S/C15H22N2O3S/c1-9(16)7-8-12(18)17-14-13(15(19)20-2)10-5-3-4-6-11(10)21-14/h9H,3-8,16H2,1-2H3,(H,17,18). The van der Waals surface area contributed by atoms with E-state index in [2.05, 4.69) is 5.32 Å². The first kappa shape index (κ1) is 16.0. The lowest BCUT2D eigenvalue weighted by atomic mass is 9.95. The summed E-state index contributed by atoms with van der Waals surface area (Å²) in [6.07, 6.45) is 5.05. The molecule has 1 aromatic rings. The maximum atomic E-state index is 12.0. The number of thiophene rings is 1. The molecule has 1 atom stereocenters. The van der Waals surface area contributed by atoms with Gasteiger partial charge in [0.15, 0.2) is 0 Å². The summed E-state index contributed by atoms with van der Waals surface area (Å²) in [4.78, 5) is 25.2. The number of fused-ring (bicyclic) bond motifs is 1. The highest BCUT2D eigenvalue weighted by atomic mass is 32.1. The molecule has 1 aliphatic rings. The van der Waals surface area contributed by atoms with Crippen LogP contribution in [0.5, 0.6) is 0 Å². The molecule has 0 aliphatic heterocycles. The van der Waals surface area contributed by atoms with E-state index in [0.717, 1.165) is 31.2 Å². The molecule has 1 amide bonds. The Balaban J connectivity index is 2.20. The number of methoxy groups -OCH3 is 1. The molecule has 1 unspecified atom stereocenters. The third kappa shape index (κ3) is 3.83. The van der Waals surface area contributed by atoms with E-state index >= 15 is 0 Å². The van der Waals surface area contributed by atoms with Crippen LogP contribution >= 0.6 is 11.3 Å². The van der Waals surface area contributed by atoms with Crippen molar-refractivity contribution >= 4 is 28.2 Å². The Hall–Kier alpha value is -1.40. The number of rotatable bonds is 5. The van der Waals surface area contributed by atoms with Crippen molar-refractivity contribution in [3.63, 3.8) is 0 Å². The van der Waals surface area contributed by atoms with E-state index in [0.29, 0.717) is 23.4 Å². The summed E-state index contributed by atoms with van der Waals surface area (Å²) in [6.45, 7) is 1.87. The minimum Gasteiger partial charge on any atom is -0.465 e. The molecule has 0 aromatic carbocycles. The van der Waals surface area contributed by atoms with Gasteiger partial charge < -0.3 is 15.8 Å². The minimum absolute atomic E-state index is 0.00707. The first-order valence-corrected chi connectivity index (χ1v) is 8.12. The van der Waals surface area contributed by atoms with Crippen LogP contribution in [0.2, 0.25) is 0 Å². The molecule has 0 saturated heterocycles. The zero-order valence-corrected chi connectivity index (χ0v) is 13.3. The number of nitrogens with one attached hydrogen (secondary N) is 1. The summed E-state index contributed by atoms with van der Waals surface area (Å²) in [5, 5.41) is 3.49. The van der Waals surface area contributed by atoms with E-state index in [1.165, 1.54) is 23.3 Å². The number of esters is 1. The second-order valence-electron chi connectivity index (χ2n) is 5.47. The number of hydrogen-bond acceptors (Lipinski definition) is 5. The minimum atomic E-state index is -0.364. The Morgan fingerprint density at radius 2 is 2.10 bits per heavy atom. The number of ether oxygens (including phenoxy) is 1. The number of amides is 1. The maximum absolute atomic E-state index is 12.0. The van der Waals surface area contributed by atoms with Crippen molar-refractivity contribution in [2.75, 3.05) is 12.4 Å². The Labute approximate surface area is 128 Å². The molecule has 116 valence electrons. The summed E-state index contributed by atoms with van der Waals surface area (Å²) >= 11 is 1.50. The predicted octanol–water partition coefficient (Wildman–Crippen LogP) is 2.48. The van der Waals surface area contributed by atoms with Gasteiger partial charge in [0.25, 0.3) is 0 Å². The lowest BCUT2D eigenvalue weighted by Crippen LogP contribution is -2.20. The van der Waals surface area contributed by atoms with Gasteiger partial charge in [0.1, 0.15) is 5.00 Å². The average Bonchev–Trinajstić information content (AvgIpc) is 2.82. The van der Waals surface area contributed by atoms with E-state index < -0.39 is 0 Å². The molecule has 3 N–H and O–H groups in total. The number of hydrogen-bond donors (Lipinski definition) is 2. The summed E-state index contributed by atoms with van der Waals surface area (Å²) in [5.41, 5.74) is 7.27. The second-order valence-corrected chi connectivity index (χ2v) is 6.58. The van der Waals surface area contributed by atoms with Gasteiger partial charge in [-0.15, -0.1) is 11.3 Å². The van der Waals surface area contributed by atoms with Gasteiger partial charge in [-0.1, -0.05) is 0 Å². The molecule has 0 saturated carbocycles. The lowest BCUT2D eigenvalue weighted by molar-refractivity contribution is -0.116. The Morgan fingerprint density at radius 1 is 1.38 bits per heavy atom. The van der Waals surface area contributed by atoms with Crippen molar-refractivity contribution in [3.8, 4) is 0 Å². The predicted molar refractivity (Wildman–Crippen MR) is 83.8 cm³/mol. The zero-order chi connectivity index (χ0) is 15.4. The quantitative estimate of drug-likeness (QED) is 0.819. The number of carbonyl (C=O) groups excluding carboxylic acids is 2. The molecule has 0 radical (unpaired) electrons. The second kappa shape index (κ2) is 7.04. The molecule has 1 aromatic heterocycles. The fraction of sp³-hybridized carbons (Fsp3) is 0.600. The first-order chi connectivity index (χ1) is 10.0. The van der Waals surface area contributed by atoms with Crippen LogP contribution in [0.15, 0.2) is 0 Å². The lowest BCUT2D eigenvalue weighted by Gasteiger charge is -2.11. The van der Waals surface area contributed by atoms with Crippen LogP contribution in [0.1, 0.15) is 53.4 Å². The monoisotopic (exact) mass is 310 g/mol. The molecular weight excluding hydrogens is 288 g/mol. The molecule has 5 nitrogen and oxygen atoms in total. The van der Waals surface area contributed by atoms with Gasteiger partial charge in [-0.2, -0.15) is 0 Å². The van der Waals surface area contributed by atoms with Crippen LogP contribution in [0.3, 0.4) is 0 Å². The van der Waals surface area contributed by atoms with Crippen LogP contribution < -0.4 is 11.1 Å². The molecule has 2 rings (SSSR count). The molecule has 21 heavy (non-hydrogen) atoms. The van der Waals surface area contributed by atoms with Gasteiger partial charge in [-0.05, 0) is 44.6 Å². The third-order valence-electron chi connectivity index (χ3n) is 3.64. The average molecular weight is 310 g/mol. The highest BCUT2D eigenvalue weighted by Crippen LogP contribution is 2.38. The molecule has 1 heterocycles. The highest BCUT2D eigenvalue weighted by molar-refractivity contribution is 7.17. The normalized spacial score (nSPS) is 15.2. The maximum Gasteiger partial charge on any atom is 0.341 e. The Bertz CT molecular complexity index is 537. The number of anilines is 1. The van der Waals surface area contributed by atoms with Crippen LogP contribution in [0, 0.1) is 0 Å². The van der Waals surface area contributed by atoms with Crippen molar-refractivity contribution in [2.45, 2.75) is 51.5 Å². The van der Waals surface area contributed by atoms with Crippen LogP contribution in [-0.4, -0.2) is 25.0 Å². The molecule has 0 spiro atoms. The fourth-order valence-corrected chi connectivity index (χ4v) is 3.81. The van der Waals surface area contributed by atoms with Crippen molar-refractivity contribution in [3.05, 3.63) is 16.0 Å². The summed E-state index contributed by atoms with van der Waals surface area (Å²) < 4.78 is 4.88. The molecule has 0 fully saturated rings. The van der Waals surface area contributed by atoms with Crippen molar-refractivity contribution in [2.24, 2.45) is 5.73 Å². The number of aryl methyl sites for hydroxylation is 1. The van der Waals surface area contributed by atoms with E-state index in [4.69, 9.17) is 10.5 Å². The SMILES string of the molecule is COC(=O)c1c(NC(=O)CCC(C)N)sc2c1CCCC2. The van der Waals surface area contributed by atoms with E-state index in [1.807, 2.05) is 6.92 Å². The van der Waals surface area contributed by atoms with Gasteiger partial charge in [0, 0.05) is 17.3 Å². The van der Waals surface area contributed by atoms with Gasteiger partial charge >= 0.3 is 5.97 Å². The van der Waals surface area contributed by atoms with Crippen LogP contribution in [0.25, 0.3) is 0 Å². The van der Waals surface area contributed by atoms with E-state index in [9.17, 15) is 9.59 Å². The van der Waals surface area contributed by atoms with Crippen LogP contribution in [-0.2, 0) is 22.4 Å². The first-order valence-electron chi connectivity index (χ1n) is 7.31. The number of nitrogens with two attached hydrogens (primary N) is 1. The van der Waals surface area contributed by atoms with Crippen molar-refractivity contribution in [1.82, 2.24) is 0 Å². The zero-order valence-electron chi connectivity index (χ0n) is 12.5. The van der Waals surface area contributed by atoms with E-state index in [-0.39, 0.29) is 17.9 Å². The molecule has 6 heteroatoms. The Morgan fingerprint density at radius 3 is 2.76 bits per heavy atom. The topological polar surface area (TPSA) is 81.4 Å². The molecule has 0 bridgehead atoms. The van der Waals surface area contributed by atoms with Gasteiger partial charge in [-0.3, -0.25) is 4.79 Å². The van der Waals surface area contributed by atoms with Gasteiger partial charge in [-0.25, -0.2) is 4.79 Å². The van der Waals surface area contributed by atoms with Crippen molar-refractivity contribution in [1.29, 1.82) is 0 Å². The van der Waals surface area contributed by atoms with E-state index in [1.54, 1.807) is 0 Å². The fourth-order valence-electron chi connectivity index (χ4n) is 2.52.